The van der Waals surface area contributed by atoms with Gasteiger partial charge in [-0.25, -0.2) is 0 Å². The van der Waals surface area contributed by atoms with E-state index in [0.717, 1.165) is 38.3 Å². The minimum atomic E-state index is 0.0602. The van der Waals surface area contributed by atoms with Crippen LogP contribution in [0.25, 0.3) is 6.08 Å². The Labute approximate surface area is 155 Å². The Balaban J connectivity index is 1.54. The van der Waals surface area contributed by atoms with Gasteiger partial charge in [-0.05, 0) is 24.6 Å². The van der Waals surface area contributed by atoms with E-state index in [4.69, 9.17) is 4.74 Å². The van der Waals surface area contributed by atoms with Crippen molar-refractivity contribution in [2.75, 3.05) is 39.8 Å². The summed E-state index contributed by atoms with van der Waals surface area (Å²) in [5.74, 6) is 0.707. The molecule has 1 amide bonds. The number of hydrogen-bond donors (Lipinski definition) is 0. The fourth-order valence-electron chi connectivity index (χ4n) is 3.19. The van der Waals surface area contributed by atoms with E-state index in [0.29, 0.717) is 11.3 Å². The first-order chi connectivity index (χ1) is 12.7. The molecule has 1 aliphatic rings. The average Bonchev–Trinajstić information content (AvgIpc) is 2.69. The van der Waals surface area contributed by atoms with Gasteiger partial charge in [0.2, 0.25) is 0 Å². The minimum absolute atomic E-state index is 0.0602. The van der Waals surface area contributed by atoms with Gasteiger partial charge in [-0.2, -0.15) is 0 Å². The maximum absolute atomic E-state index is 12.9. The van der Waals surface area contributed by atoms with Crippen LogP contribution in [0, 0.1) is 6.92 Å². The molecule has 26 heavy (non-hydrogen) atoms. The first kappa shape index (κ1) is 18.2. The second-order valence-corrected chi connectivity index (χ2v) is 6.61. The molecule has 0 aromatic heterocycles. The zero-order valence-corrected chi connectivity index (χ0v) is 15.5. The van der Waals surface area contributed by atoms with Gasteiger partial charge in [-0.3, -0.25) is 9.69 Å². The Morgan fingerprint density at radius 3 is 2.50 bits per heavy atom. The van der Waals surface area contributed by atoms with Gasteiger partial charge in [-0.15, -0.1) is 0 Å². The van der Waals surface area contributed by atoms with E-state index in [1.807, 2.05) is 48.2 Å². The first-order valence-electron chi connectivity index (χ1n) is 9.05. The normalized spacial score (nSPS) is 15.4. The fourth-order valence-corrected chi connectivity index (χ4v) is 3.19. The Morgan fingerprint density at radius 1 is 1.08 bits per heavy atom. The van der Waals surface area contributed by atoms with Crippen LogP contribution in [-0.2, 0) is 0 Å². The van der Waals surface area contributed by atoms with E-state index in [1.165, 1.54) is 5.56 Å². The summed E-state index contributed by atoms with van der Waals surface area (Å²) in [4.78, 5) is 17.1. The third-order valence-electron chi connectivity index (χ3n) is 4.72. The molecule has 1 saturated heterocycles. The summed E-state index contributed by atoms with van der Waals surface area (Å²) < 4.78 is 5.36. The van der Waals surface area contributed by atoms with Gasteiger partial charge in [0.15, 0.2) is 0 Å². The third-order valence-corrected chi connectivity index (χ3v) is 4.72. The van der Waals surface area contributed by atoms with E-state index in [-0.39, 0.29) is 5.91 Å². The highest BCUT2D eigenvalue weighted by Crippen LogP contribution is 2.22. The van der Waals surface area contributed by atoms with Crippen molar-refractivity contribution >= 4 is 12.0 Å². The van der Waals surface area contributed by atoms with Crippen molar-refractivity contribution in [3.05, 3.63) is 71.3 Å². The Kier molecular flexibility index (Phi) is 6.08. The lowest BCUT2D eigenvalue weighted by atomic mass is 10.1. The Hall–Kier alpha value is -2.59. The predicted octanol–water partition coefficient (Wildman–Crippen LogP) is 3.47. The molecule has 0 unspecified atom stereocenters. The van der Waals surface area contributed by atoms with Gasteiger partial charge >= 0.3 is 0 Å². The lowest BCUT2D eigenvalue weighted by Gasteiger charge is -2.34. The van der Waals surface area contributed by atoms with Crippen LogP contribution in [-0.4, -0.2) is 55.5 Å². The largest absolute Gasteiger partial charge is 0.496 e. The molecular formula is C22H26N2O2. The van der Waals surface area contributed by atoms with Crippen molar-refractivity contribution in [2.24, 2.45) is 0 Å². The van der Waals surface area contributed by atoms with Gasteiger partial charge in [0.25, 0.3) is 5.91 Å². The van der Waals surface area contributed by atoms with Crippen molar-refractivity contribution in [2.45, 2.75) is 6.92 Å². The molecule has 0 spiro atoms. The number of ether oxygens (including phenoxy) is 1. The molecule has 136 valence electrons. The van der Waals surface area contributed by atoms with Crippen LogP contribution < -0.4 is 4.74 Å². The van der Waals surface area contributed by atoms with Crippen LogP contribution in [0.4, 0.5) is 0 Å². The number of rotatable bonds is 5. The number of carbonyl (C=O) groups is 1. The van der Waals surface area contributed by atoms with Crippen molar-refractivity contribution < 1.29 is 9.53 Å². The monoisotopic (exact) mass is 350 g/mol. The molecule has 4 heteroatoms. The molecule has 2 aromatic carbocycles. The van der Waals surface area contributed by atoms with Crippen LogP contribution in [0.5, 0.6) is 5.75 Å². The highest BCUT2D eigenvalue weighted by molar-refractivity contribution is 5.97. The first-order valence-corrected chi connectivity index (χ1v) is 9.05. The zero-order valence-electron chi connectivity index (χ0n) is 15.5. The maximum atomic E-state index is 12.9. The van der Waals surface area contributed by atoms with Gasteiger partial charge in [0, 0.05) is 32.7 Å². The topological polar surface area (TPSA) is 32.8 Å². The molecule has 0 aliphatic carbocycles. The number of benzene rings is 2. The summed E-state index contributed by atoms with van der Waals surface area (Å²) in [6.45, 7) is 6.17. The van der Waals surface area contributed by atoms with Gasteiger partial charge in [0.1, 0.15) is 5.75 Å². The van der Waals surface area contributed by atoms with Gasteiger partial charge in [-0.1, -0.05) is 54.1 Å². The molecule has 3 rings (SSSR count). The van der Waals surface area contributed by atoms with E-state index in [9.17, 15) is 4.79 Å². The van der Waals surface area contributed by atoms with Gasteiger partial charge in [0.05, 0.1) is 12.7 Å². The molecule has 0 atom stereocenters. The van der Waals surface area contributed by atoms with E-state index < -0.39 is 0 Å². The maximum Gasteiger partial charge on any atom is 0.257 e. The number of amides is 1. The summed E-state index contributed by atoms with van der Waals surface area (Å²) in [5, 5.41) is 0. The molecule has 0 saturated carbocycles. The molecule has 1 heterocycles. The second-order valence-electron chi connectivity index (χ2n) is 6.61. The molecule has 1 fully saturated rings. The molecule has 0 bridgehead atoms. The van der Waals surface area contributed by atoms with Crippen LogP contribution in [0.1, 0.15) is 21.5 Å². The lowest BCUT2D eigenvalue weighted by Crippen LogP contribution is -2.48. The minimum Gasteiger partial charge on any atom is -0.496 e. The van der Waals surface area contributed by atoms with Crippen molar-refractivity contribution in [1.29, 1.82) is 0 Å². The van der Waals surface area contributed by atoms with Crippen LogP contribution in [0.3, 0.4) is 0 Å². The average molecular weight is 350 g/mol. The molecule has 1 aliphatic heterocycles. The molecule has 0 radical (unpaired) electrons. The lowest BCUT2D eigenvalue weighted by molar-refractivity contribution is 0.0647. The second kappa shape index (κ2) is 8.68. The van der Waals surface area contributed by atoms with Crippen molar-refractivity contribution in [3.8, 4) is 5.75 Å². The van der Waals surface area contributed by atoms with Crippen LogP contribution in [0.2, 0.25) is 0 Å². The van der Waals surface area contributed by atoms with E-state index >= 15 is 0 Å². The third kappa shape index (κ3) is 4.52. The summed E-state index contributed by atoms with van der Waals surface area (Å²) in [6.07, 6.45) is 4.34. The molecule has 0 N–H and O–H groups in total. The number of hydrogen-bond acceptors (Lipinski definition) is 3. The van der Waals surface area contributed by atoms with Crippen molar-refractivity contribution in [1.82, 2.24) is 9.80 Å². The van der Waals surface area contributed by atoms with Crippen LogP contribution in [0.15, 0.2) is 54.6 Å². The highest BCUT2D eigenvalue weighted by Gasteiger charge is 2.23. The smallest absolute Gasteiger partial charge is 0.257 e. The predicted molar refractivity (Wildman–Crippen MR) is 106 cm³/mol. The quantitative estimate of drug-likeness (QED) is 0.828. The summed E-state index contributed by atoms with van der Waals surface area (Å²) in [5.41, 5.74) is 2.94. The number of carbonyl (C=O) groups excluding carboxylic acids is 1. The Bertz CT molecular complexity index is 763. The number of methoxy groups -OCH3 is 1. The summed E-state index contributed by atoms with van der Waals surface area (Å²) in [6, 6.07) is 16.1. The number of nitrogens with zero attached hydrogens (tertiary/aromatic N) is 2. The highest BCUT2D eigenvalue weighted by atomic mass is 16.5. The fraction of sp³-hybridized carbons (Fsp3) is 0.318. The summed E-state index contributed by atoms with van der Waals surface area (Å²) in [7, 11) is 1.61. The number of piperazine rings is 1. The van der Waals surface area contributed by atoms with E-state index in [2.05, 4.69) is 29.2 Å². The molecular weight excluding hydrogens is 324 g/mol. The van der Waals surface area contributed by atoms with Crippen LogP contribution >= 0.6 is 0 Å². The zero-order chi connectivity index (χ0) is 18.4. The van der Waals surface area contributed by atoms with E-state index in [1.54, 1.807) is 7.11 Å². The van der Waals surface area contributed by atoms with Gasteiger partial charge < -0.3 is 9.64 Å². The van der Waals surface area contributed by atoms with Crippen molar-refractivity contribution in [3.63, 3.8) is 0 Å². The number of aryl methyl sites for hydroxylation is 1. The summed E-state index contributed by atoms with van der Waals surface area (Å²) >= 11 is 0. The Morgan fingerprint density at radius 2 is 1.81 bits per heavy atom. The SMILES string of the molecule is COc1ccc(C)cc1C(=O)N1CCN(C/C=C/c2ccccc2)CC1. The standard InChI is InChI=1S/C22H26N2O2/c1-18-10-11-21(26-2)20(17-18)22(25)24-15-13-23(14-16-24)12-6-9-19-7-4-3-5-8-19/h3-11,17H,12-16H2,1-2H3/b9-6+. The molecule has 2 aromatic rings. The molecule has 4 nitrogen and oxygen atoms in total.